The quantitative estimate of drug-likeness (QED) is 0.826. The molecule has 6 heteroatoms. The monoisotopic (exact) mass is 259 g/mol. The lowest BCUT2D eigenvalue weighted by Crippen LogP contribution is -2.17. The Balaban J connectivity index is 2.45. The van der Waals surface area contributed by atoms with E-state index in [4.69, 9.17) is 4.42 Å². The van der Waals surface area contributed by atoms with Gasteiger partial charge in [0.2, 0.25) is 0 Å². The summed E-state index contributed by atoms with van der Waals surface area (Å²) in [6, 6.07) is 4.25. The summed E-state index contributed by atoms with van der Waals surface area (Å²) < 4.78 is 45.9. The molecule has 0 aliphatic rings. The van der Waals surface area contributed by atoms with E-state index in [-0.39, 0.29) is 17.3 Å². The van der Waals surface area contributed by atoms with Gasteiger partial charge in [0.25, 0.3) is 0 Å². The molecule has 0 saturated heterocycles. The van der Waals surface area contributed by atoms with Gasteiger partial charge in [-0.05, 0) is 18.6 Å². The molecule has 0 aliphatic carbocycles. The first-order valence-corrected chi connectivity index (χ1v) is 5.56. The first-order chi connectivity index (χ1) is 8.40. The molecule has 1 heterocycles. The van der Waals surface area contributed by atoms with E-state index in [1.807, 2.05) is 13.8 Å². The van der Waals surface area contributed by atoms with Crippen molar-refractivity contribution in [3.8, 4) is 5.75 Å². The molecule has 18 heavy (non-hydrogen) atoms. The fourth-order valence-corrected chi connectivity index (χ4v) is 1.53. The molecular weight excluding hydrogens is 247 g/mol. The van der Waals surface area contributed by atoms with Crippen LogP contribution in [0.3, 0.4) is 0 Å². The molecule has 0 radical (unpaired) electrons. The molecule has 3 nitrogen and oxygen atoms in total. The van der Waals surface area contributed by atoms with Crippen LogP contribution >= 0.6 is 0 Å². The van der Waals surface area contributed by atoms with Gasteiger partial charge in [-0.1, -0.05) is 19.9 Å². The highest BCUT2D eigenvalue weighted by Crippen LogP contribution is 2.33. The number of alkyl halides is 3. The van der Waals surface area contributed by atoms with Crippen molar-refractivity contribution in [1.29, 1.82) is 0 Å². The second kappa shape index (κ2) is 4.51. The van der Waals surface area contributed by atoms with Crippen molar-refractivity contribution in [1.82, 2.24) is 4.98 Å². The molecule has 0 spiro atoms. The Bertz CT molecular complexity index is 548. The Labute approximate surface area is 102 Å². The molecule has 98 valence electrons. The number of aromatic nitrogens is 1. The minimum Gasteiger partial charge on any atom is -0.436 e. The Morgan fingerprint density at radius 2 is 2.11 bits per heavy atom. The topological polar surface area (TPSA) is 35.3 Å². The Hall–Kier alpha value is -1.72. The summed E-state index contributed by atoms with van der Waals surface area (Å²) in [4.78, 5) is 4.16. The molecular formula is C12H12F3NO2. The van der Waals surface area contributed by atoms with Crippen molar-refractivity contribution in [2.45, 2.75) is 32.5 Å². The van der Waals surface area contributed by atoms with E-state index in [1.54, 1.807) is 6.07 Å². The van der Waals surface area contributed by atoms with Crippen molar-refractivity contribution in [3.05, 3.63) is 24.1 Å². The van der Waals surface area contributed by atoms with Gasteiger partial charge in [0.1, 0.15) is 5.52 Å². The van der Waals surface area contributed by atoms with E-state index >= 15 is 0 Å². The third-order valence-electron chi connectivity index (χ3n) is 2.66. The maximum Gasteiger partial charge on any atom is 0.573 e. The third kappa shape index (κ3) is 2.57. The minimum atomic E-state index is -4.74. The molecule has 1 unspecified atom stereocenters. The number of oxazole rings is 1. The number of hydrogen-bond acceptors (Lipinski definition) is 3. The van der Waals surface area contributed by atoms with Crippen LogP contribution in [-0.4, -0.2) is 11.3 Å². The fourth-order valence-electron chi connectivity index (χ4n) is 1.53. The highest BCUT2D eigenvalue weighted by atomic mass is 19.4. The Morgan fingerprint density at radius 1 is 1.39 bits per heavy atom. The summed E-state index contributed by atoms with van der Waals surface area (Å²) in [6.45, 7) is 3.85. The smallest absolute Gasteiger partial charge is 0.436 e. The second-order valence-corrected chi connectivity index (χ2v) is 4.01. The van der Waals surface area contributed by atoms with Gasteiger partial charge in [0.15, 0.2) is 17.2 Å². The summed E-state index contributed by atoms with van der Waals surface area (Å²) in [7, 11) is 0. The fraction of sp³-hybridized carbons (Fsp3) is 0.417. The molecule has 2 rings (SSSR count). The van der Waals surface area contributed by atoms with E-state index in [0.717, 1.165) is 6.42 Å². The Kier molecular flexibility index (Phi) is 3.19. The number of halogens is 3. The second-order valence-electron chi connectivity index (χ2n) is 4.01. The highest BCUT2D eigenvalue weighted by molar-refractivity contribution is 5.79. The number of fused-ring (bicyclic) bond motifs is 1. The van der Waals surface area contributed by atoms with Gasteiger partial charge in [0, 0.05) is 5.92 Å². The van der Waals surface area contributed by atoms with Gasteiger partial charge in [-0.25, -0.2) is 4.98 Å². The number of benzene rings is 1. The molecule has 0 saturated carbocycles. The zero-order valence-electron chi connectivity index (χ0n) is 9.91. The van der Waals surface area contributed by atoms with E-state index in [1.165, 1.54) is 12.1 Å². The molecule has 1 aromatic heterocycles. The van der Waals surface area contributed by atoms with Crippen molar-refractivity contribution < 1.29 is 22.3 Å². The lowest BCUT2D eigenvalue weighted by Gasteiger charge is -2.08. The van der Waals surface area contributed by atoms with Gasteiger partial charge in [0.05, 0.1) is 0 Å². The highest BCUT2D eigenvalue weighted by Gasteiger charge is 2.32. The maximum absolute atomic E-state index is 12.2. The van der Waals surface area contributed by atoms with Crippen LogP contribution in [0.5, 0.6) is 5.75 Å². The van der Waals surface area contributed by atoms with Gasteiger partial charge in [-0.2, -0.15) is 0 Å². The first-order valence-electron chi connectivity index (χ1n) is 5.56. The number of hydrogen-bond donors (Lipinski definition) is 0. The number of ether oxygens (including phenoxy) is 1. The van der Waals surface area contributed by atoms with Crippen molar-refractivity contribution in [2.24, 2.45) is 0 Å². The lowest BCUT2D eigenvalue weighted by atomic mass is 10.1. The van der Waals surface area contributed by atoms with Gasteiger partial charge < -0.3 is 9.15 Å². The molecule has 0 N–H and O–H groups in total. The standard InChI is InChI=1S/C12H12F3NO2/c1-3-7(2)11-16-8-5-4-6-9(10(8)17-11)18-12(13,14)15/h4-7H,3H2,1-2H3. The Morgan fingerprint density at radius 3 is 2.72 bits per heavy atom. The van der Waals surface area contributed by atoms with Gasteiger partial charge >= 0.3 is 6.36 Å². The van der Waals surface area contributed by atoms with Crippen molar-refractivity contribution in [2.75, 3.05) is 0 Å². The third-order valence-corrected chi connectivity index (χ3v) is 2.66. The van der Waals surface area contributed by atoms with E-state index in [0.29, 0.717) is 11.4 Å². The zero-order valence-corrected chi connectivity index (χ0v) is 9.91. The van der Waals surface area contributed by atoms with Crippen molar-refractivity contribution in [3.63, 3.8) is 0 Å². The first kappa shape index (κ1) is 12.7. The number of rotatable bonds is 3. The number of para-hydroxylation sites is 1. The molecule has 0 fully saturated rings. The van der Waals surface area contributed by atoms with Crippen LogP contribution in [0.15, 0.2) is 22.6 Å². The lowest BCUT2D eigenvalue weighted by molar-refractivity contribution is -0.274. The van der Waals surface area contributed by atoms with E-state index in [9.17, 15) is 13.2 Å². The molecule has 2 aromatic rings. The van der Waals surface area contributed by atoms with Crippen LogP contribution in [0, 0.1) is 0 Å². The summed E-state index contributed by atoms with van der Waals surface area (Å²) >= 11 is 0. The van der Waals surface area contributed by atoms with Crippen LogP contribution in [0.25, 0.3) is 11.1 Å². The molecule has 0 amide bonds. The van der Waals surface area contributed by atoms with Crippen molar-refractivity contribution >= 4 is 11.1 Å². The zero-order chi connectivity index (χ0) is 13.3. The average molecular weight is 259 g/mol. The SMILES string of the molecule is CCC(C)c1nc2cccc(OC(F)(F)F)c2o1. The molecule has 0 bridgehead atoms. The normalized spacial score (nSPS) is 13.8. The van der Waals surface area contributed by atoms with Gasteiger partial charge in [-0.15, -0.1) is 13.2 Å². The average Bonchev–Trinajstić information content (AvgIpc) is 2.71. The van der Waals surface area contributed by atoms with Crippen LogP contribution in [0.4, 0.5) is 13.2 Å². The largest absolute Gasteiger partial charge is 0.573 e. The summed E-state index contributed by atoms with van der Waals surface area (Å²) in [5, 5.41) is 0. The summed E-state index contributed by atoms with van der Waals surface area (Å²) in [5.41, 5.74) is 0.400. The molecule has 0 aliphatic heterocycles. The molecule has 1 atom stereocenters. The number of nitrogens with zero attached hydrogens (tertiary/aromatic N) is 1. The van der Waals surface area contributed by atoms with Crippen LogP contribution in [-0.2, 0) is 0 Å². The molecule has 1 aromatic carbocycles. The van der Waals surface area contributed by atoms with E-state index < -0.39 is 6.36 Å². The van der Waals surface area contributed by atoms with Crippen LogP contribution in [0.2, 0.25) is 0 Å². The minimum absolute atomic E-state index is 0.0325. The van der Waals surface area contributed by atoms with Gasteiger partial charge in [-0.3, -0.25) is 0 Å². The summed E-state index contributed by atoms with van der Waals surface area (Å²) in [6.07, 6.45) is -3.94. The van der Waals surface area contributed by atoms with Crippen LogP contribution in [0.1, 0.15) is 32.1 Å². The maximum atomic E-state index is 12.2. The summed E-state index contributed by atoms with van der Waals surface area (Å²) in [5.74, 6) is 0.115. The van der Waals surface area contributed by atoms with E-state index in [2.05, 4.69) is 9.72 Å². The predicted octanol–water partition coefficient (Wildman–Crippen LogP) is 4.24. The van der Waals surface area contributed by atoms with Crippen LogP contribution < -0.4 is 4.74 Å². The predicted molar refractivity (Wildman–Crippen MR) is 59.4 cm³/mol.